The number of urea groups is 1. The maximum Gasteiger partial charge on any atom is 0.315 e. The third-order valence-corrected chi connectivity index (χ3v) is 4.25. The Morgan fingerprint density at radius 1 is 0.923 bits per heavy atom. The quantitative estimate of drug-likeness (QED) is 0.519. The summed E-state index contributed by atoms with van der Waals surface area (Å²) in [5.74, 6) is -0.515. The average Bonchev–Trinajstić information content (AvgIpc) is 3.17. The highest BCUT2D eigenvalue weighted by molar-refractivity contribution is 5.84. The molecule has 8 heteroatoms. The molecule has 1 aromatic carbocycles. The molecule has 0 saturated heterocycles. The summed E-state index contributed by atoms with van der Waals surface area (Å²) < 4.78 is 12.8. The first-order chi connectivity index (χ1) is 12.5. The Hall–Kier alpha value is -2.64. The van der Waals surface area contributed by atoms with E-state index in [1.54, 1.807) is 12.1 Å². The lowest BCUT2D eigenvalue weighted by atomic mass is 10.1. The van der Waals surface area contributed by atoms with E-state index in [4.69, 9.17) is 0 Å². The summed E-state index contributed by atoms with van der Waals surface area (Å²) in [4.78, 5) is 35.1. The van der Waals surface area contributed by atoms with Gasteiger partial charge in [0.2, 0.25) is 11.8 Å². The van der Waals surface area contributed by atoms with Crippen molar-refractivity contribution in [3.8, 4) is 0 Å². The lowest BCUT2D eigenvalue weighted by Crippen LogP contribution is -2.43. The lowest BCUT2D eigenvalue weighted by Gasteiger charge is -2.11. The van der Waals surface area contributed by atoms with Crippen molar-refractivity contribution in [1.82, 2.24) is 21.3 Å². The smallest absolute Gasteiger partial charge is 0.315 e. The number of hydrogen-bond donors (Lipinski definition) is 4. The Kier molecular flexibility index (Phi) is 7.85. The van der Waals surface area contributed by atoms with Crippen LogP contribution in [0.3, 0.4) is 0 Å². The van der Waals surface area contributed by atoms with Gasteiger partial charge in [0.15, 0.2) is 0 Å². The summed E-state index contributed by atoms with van der Waals surface area (Å²) >= 11 is 0. The Morgan fingerprint density at radius 2 is 1.58 bits per heavy atom. The Balaban J connectivity index is 1.51. The number of nitrogens with one attached hydrogen (secondary N) is 4. The molecule has 0 atom stereocenters. The van der Waals surface area contributed by atoms with Crippen LogP contribution in [0.5, 0.6) is 0 Å². The van der Waals surface area contributed by atoms with Crippen molar-refractivity contribution in [2.24, 2.45) is 5.92 Å². The number of benzene rings is 1. The van der Waals surface area contributed by atoms with E-state index in [9.17, 15) is 18.8 Å². The van der Waals surface area contributed by atoms with Crippen molar-refractivity contribution in [1.29, 1.82) is 0 Å². The van der Waals surface area contributed by atoms with Crippen molar-refractivity contribution < 1.29 is 18.8 Å². The van der Waals surface area contributed by atoms with Gasteiger partial charge in [0.1, 0.15) is 5.82 Å². The van der Waals surface area contributed by atoms with Gasteiger partial charge in [-0.25, -0.2) is 9.18 Å². The van der Waals surface area contributed by atoms with E-state index in [1.165, 1.54) is 12.1 Å². The molecule has 0 aromatic heterocycles. The summed E-state index contributed by atoms with van der Waals surface area (Å²) in [6, 6.07) is 5.28. The molecular weight excluding hydrogens is 339 g/mol. The third-order valence-electron chi connectivity index (χ3n) is 4.25. The molecule has 1 fully saturated rings. The maximum atomic E-state index is 12.8. The van der Waals surface area contributed by atoms with Crippen molar-refractivity contribution in [3.05, 3.63) is 35.6 Å². The fourth-order valence-corrected chi connectivity index (χ4v) is 2.79. The molecule has 0 radical (unpaired) electrons. The van der Waals surface area contributed by atoms with E-state index >= 15 is 0 Å². The van der Waals surface area contributed by atoms with Gasteiger partial charge >= 0.3 is 6.03 Å². The van der Waals surface area contributed by atoms with Crippen LogP contribution in [0, 0.1) is 11.7 Å². The first kappa shape index (κ1) is 19.7. The molecule has 1 aliphatic rings. The molecule has 4 N–H and O–H groups in total. The van der Waals surface area contributed by atoms with Crippen LogP contribution in [0.25, 0.3) is 0 Å². The van der Waals surface area contributed by atoms with Gasteiger partial charge in [-0.05, 0) is 30.5 Å². The minimum atomic E-state index is -0.487. The molecule has 7 nitrogen and oxygen atoms in total. The van der Waals surface area contributed by atoms with E-state index in [0.29, 0.717) is 13.1 Å². The molecule has 1 aliphatic carbocycles. The first-order valence-corrected chi connectivity index (χ1v) is 8.85. The van der Waals surface area contributed by atoms with Gasteiger partial charge < -0.3 is 21.3 Å². The standard InChI is InChI=1S/C18H25FN4O3/c19-15-7-5-13(6-8-15)11-22-18(26)23-12-16(24)20-9-10-21-17(25)14-3-1-2-4-14/h5-8,14H,1-4,9-12H2,(H,20,24)(H,21,25)(H2,22,23,26). The topological polar surface area (TPSA) is 99.3 Å². The molecule has 0 aliphatic heterocycles. The zero-order chi connectivity index (χ0) is 18.8. The molecule has 0 spiro atoms. The zero-order valence-electron chi connectivity index (χ0n) is 14.6. The fraction of sp³-hybridized carbons (Fsp3) is 0.500. The summed E-state index contributed by atoms with van der Waals surface area (Å²) in [5, 5.41) is 10.4. The van der Waals surface area contributed by atoms with Crippen LogP contribution >= 0.6 is 0 Å². The second-order valence-electron chi connectivity index (χ2n) is 6.29. The molecule has 26 heavy (non-hydrogen) atoms. The predicted molar refractivity (Wildman–Crippen MR) is 94.6 cm³/mol. The SMILES string of the molecule is O=C(CNC(=O)NCc1ccc(F)cc1)NCCNC(=O)C1CCCC1. The van der Waals surface area contributed by atoms with E-state index in [0.717, 1.165) is 31.2 Å². The number of carbonyl (C=O) groups is 3. The third kappa shape index (κ3) is 7.08. The maximum absolute atomic E-state index is 12.8. The Labute approximate surface area is 152 Å². The monoisotopic (exact) mass is 364 g/mol. The van der Waals surface area contributed by atoms with Crippen LogP contribution in [-0.4, -0.2) is 37.5 Å². The molecule has 2 rings (SSSR count). The number of rotatable bonds is 8. The molecule has 0 bridgehead atoms. The zero-order valence-corrected chi connectivity index (χ0v) is 14.6. The summed E-state index contributed by atoms with van der Waals surface area (Å²) in [6.45, 7) is 0.765. The van der Waals surface area contributed by atoms with Gasteiger partial charge in [-0.15, -0.1) is 0 Å². The van der Waals surface area contributed by atoms with Gasteiger partial charge in [-0.3, -0.25) is 9.59 Å². The highest BCUT2D eigenvalue weighted by Crippen LogP contribution is 2.24. The summed E-state index contributed by atoms with van der Waals surface area (Å²) in [5.41, 5.74) is 0.754. The second kappa shape index (κ2) is 10.4. The molecule has 1 aromatic rings. The molecule has 4 amide bonds. The Morgan fingerprint density at radius 3 is 2.27 bits per heavy atom. The van der Waals surface area contributed by atoms with Crippen molar-refractivity contribution in [3.63, 3.8) is 0 Å². The van der Waals surface area contributed by atoms with Crippen LogP contribution < -0.4 is 21.3 Å². The lowest BCUT2D eigenvalue weighted by molar-refractivity contribution is -0.125. The highest BCUT2D eigenvalue weighted by Gasteiger charge is 2.21. The molecule has 1 saturated carbocycles. The van der Waals surface area contributed by atoms with Crippen LogP contribution in [0.15, 0.2) is 24.3 Å². The fourth-order valence-electron chi connectivity index (χ4n) is 2.79. The van der Waals surface area contributed by atoms with Crippen LogP contribution in [-0.2, 0) is 16.1 Å². The predicted octanol–water partition coefficient (Wildman–Crippen LogP) is 1.05. The largest absolute Gasteiger partial charge is 0.354 e. The highest BCUT2D eigenvalue weighted by atomic mass is 19.1. The number of halogens is 1. The summed E-state index contributed by atoms with van der Waals surface area (Å²) in [6.07, 6.45) is 4.08. The second-order valence-corrected chi connectivity index (χ2v) is 6.29. The number of hydrogen-bond acceptors (Lipinski definition) is 3. The van der Waals surface area contributed by atoms with E-state index < -0.39 is 6.03 Å². The van der Waals surface area contributed by atoms with Gasteiger partial charge in [0.05, 0.1) is 6.54 Å². The Bertz CT molecular complexity index is 615. The van der Waals surface area contributed by atoms with Gasteiger partial charge in [0, 0.05) is 25.6 Å². The minimum absolute atomic E-state index is 0.0510. The van der Waals surface area contributed by atoms with Crippen molar-refractivity contribution >= 4 is 17.8 Å². The van der Waals surface area contributed by atoms with Gasteiger partial charge in [-0.1, -0.05) is 25.0 Å². The first-order valence-electron chi connectivity index (χ1n) is 8.85. The van der Waals surface area contributed by atoms with Gasteiger partial charge in [0.25, 0.3) is 0 Å². The van der Waals surface area contributed by atoms with E-state index in [-0.39, 0.29) is 36.6 Å². The van der Waals surface area contributed by atoms with Gasteiger partial charge in [-0.2, -0.15) is 0 Å². The molecule has 0 heterocycles. The number of amides is 4. The molecule has 0 unspecified atom stereocenters. The van der Waals surface area contributed by atoms with Crippen LogP contribution in [0.1, 0.15) is 31.2 Å². The van der Waals surface area contributed by atoms with E-state index in [1.807, 2.05) is 0 Å². The van der Waals surface area contributed by atoms with Crippen LogP contribution in [0.4, 0.5) is 9.18 Å². The summed E-state index contributed by atoms with van der Waals surface area (Å²) in [7, 11) is 0. The van der Waals surface area contributed by atoms with Crippen LogP contribution in [0.2, 0.25) is 0 Å². The minimum Gasteiger partial charge on any atom is -0.354 e. The van der Waals surface area contributed by atoms with Crippen molar-refractivity contribution in [2.45, 2.75) is 32.2 Å². The average molecular weight is 364 g/mol. The normalized spacial score (nSPS) is 13.9. The van der Waals surface area contributed by atoms with Crippen molar-refractivity contribution in [2.75, 3.05) is 19.6 Å². The van der Waals surface area contributed by atoms with E-state index in [2.05, 4.69) is 21.3 Å². The number of carbonyl (C=O) groups excluding carboxylic acids is 3. The molecule has 142 valence electrons. The molecular formula is C18H25FN4O3.